The maximum absolute atomic E-state index is 11.6. The minimum absolute atomic E-state index is 0.103. The van der Waals surface area contributed by atoms with Gasteiger partial charge in [-0.05, 0) is 61.6 Å². The van der Waals surface area contributed by atoms with E-state index < -0.39 is 26.7 Å². The zero-order chi connectivity index (χ0) is 28.5. The van der Waals surface area contributed by atoms with E-state index in [4.69, 9.17) is 18.0 Å². The van der Waals surface area contributed by atoms with Crippen molar-refractivity contribution >= 4 is 26.7 Å². The molecule has 1 aromatic rings. The molecule has 0 aromatic heterocycles. The molecular formula is C31H50O7Si. The number of benzene rings is 1. The molecule has 1 aliphatic rings. The predicted octanol–water partition coefficient (Wildman–Crippen LogP) is 7.89. The van der Waals surface area contributed by atoms with Crippen molar-refractivity contribution < 1.29 is 32.4 Å². The Kier molecular flexibility index (Phi) is 15.2. The molecule has 8 heteroatoms. The van der Waals surface area contributed by atoms with Crippen LogP contribution in [0.2, 0.25) is 6.04 Å². The van der Waals surface area contributed by atoms with Gasteiger partial charge in [-0.25, -0.2) is 0 Å². The molecular weight excluding hydrogens is 512 g/mol. The second kappa shape index (κ2) is 18.1. The molecule has 0 spiro atoms. The van der Waals surface area contributed by atoms with Gasteiger partial charge in [0.25, 0.3) is 17.9 Å². The van der Waals surface area contributed by atoms with Crippen LogP contribution in [0.5, 0.6) is 5.75 Å². The Morgan fingerprint density at radius 2 is 1.23 bits per heavy atom. The van der Waals surface area contributed by atoms with Gasteiger partial charge in [0.05, 0.1) is 12.7 Å². The van der Waals surface area contributed by atoms with Crippen LogP contribution in [0.25, 0.3) is 0 Å². The van der Waals surface area contributed by atoms with E-state index in [1.807, 2.05) is 12.1 Å². The van der Waals surface area contributed by atoms with Crippen molar-refractivity contribution in [2.45, 2.75) is 130 Å². The van der Waals surface area contributed by atoms with Crippen molar-refractivity contribution in [3.63, 3.8) is 0 Å². The topological polar surface area (TPSA) is 88.1 Å². The van der Waals surface area contributed by atoms with Crippen LogP contribution in [0.3, 0.4) is 0 Å². The van der Waals surface area contributed by atoms with Gasteiger partial charge in [-0.3, -0.25) is 14.4 Å². The summed E-state index contributed by atoms with van der Waals surface area (Å²) in [4.78, 5) is 34.7. The van der Waals surface area contributed by atoms with Gasteiger partial charge in [0.2, 0.25) is 0 Å². The van der Waals surface area contributed by atoms with E-state index in [1.165, 1.54) is 110 Å². The standard InChI is InChI=1S/C31H50O7Si/c1-5-6-7-8-9-10-11-12-14-28-15-17-29(18-16-28)30-19-21-31(22-20-30)35-23-13-24-39(36-25(2)32,37-26(3)33)38-27(4)34/h19-22,28-29H,5-18,23-24H2,1-4H3. The first-order valence-corrected chi connectivity index (χ1v) is 17.0. The van der Waals surface area contributed by atoms with E-state index in [1.54, 1.807) is 0 Å². The van der Waals surface area contributed by atoms with E-state index in [2.05, 4.69) is 19.1 Å². The maximum atomic E-state index is 11.6. The number of unbranched alkanes of at least 4 members (excludes halogenated alkanes) is 7. The molecule has 1 fully saturated rings. The Balaban J connectivity index is 1.71. The first-order valence-electron chi connectivity index (χ1n) is 15.0. The van der Waals surface area contributed by atoms with E-state index in [0.29, 0.717) is 18.9 Å². The van der Waals surface area contributed by atoms with Crippen LogP contribution in [0.4, 0.5) is 0 Å². The van der Waals surface area contributed by atoms with Gasteiger partial charge in [-0.1, -0.05) is 76.8 Å². The zero-order valence-electron chi connectivity index (χ0n) is 24.6. The first-order chi connectivity index (χ1) is 18.7. The average molecular weight is 563 g/mol. The molecule has 0 radical (unpaired) electrons. The summed E-state index contributed by atoms with van der Waals surface area (Å²) in [6.45, 7) is 6.15. The van der Waals surface area contributed by atoms with Gasteiger partial charge in [-0.15, -0.1) is 0 Å². The second-order valence-electron chi connectivity index (χ2n) is 11.0. The fourth-order valence-electron chi connectivity index (χ4n) is 5.54. The molecule has 1 aliphatic carbocycles. The lowest BCUT2D eigenvalue weighted by atomic mass is 9.77. The summed E-state index contributed by atoms with van der Waals surface area (Å²) < 4.78 is 21.5. The second-order valence-corrected chi connectivity index (χ2v) is 13.4. The third-order valence-corrected chi connectivity index (χ3v) is 10.2. The summed E-state index contributed by atoms with van der Waals surface area (Å²) in [5.74, 6) is 0.276. The fourth-order valence-corrected chi connectivity index (χ4v) is 7.86. The van der Waals surface area contributed by atoms with Crippen LogP contribution in [0.15, 0.2) is 24.3 Å². The van der Waals surface area contributed by atoms with Crippen molar-refractivity contribution in [2.75, 3.05) is 6.61 Å². The smallest absolute Gasteiger partial charge is 0.494 e. The third-order valence-electron chi connectivity index (χ3n) is 7.46. The van der Waals surface area contributed by atoms with Crippen molar-refractivity contribution in [3.05, 3.63) is 29.8 Å². The number of carbonyl (C=O) groups is 3. The molecule has 0 atom stereocenters. The summed E-state index contributed by atoms with van der Waals surface area (Å²) in [6, 6.07) is 8.42. The summed E-state index contributed by atoms with van der Waals surface area (Å²) in [5.41, 5.74) is 1.37. The van der Waals surface area contributed by atoms with Gasteiger partial charge in [0.15, 0.2) is 0 Å². The van der Waals surface area contributed by atoms with Gasteiger partial charge in [-0.2, -0.15) is 0 Å². The largest absolute Gasteiger partial charge is 0.705 e. The fraction of sp³-hybridized carbons (Fsp3) is 0.710. The molecule has 0 N–H and O–H groups in total. The van der Waals surface area contributed by atoms with Crippen LogP contribution in [0.1, 0.15) is 129 Å². The molecule has 7 nitrogen and oxygen atoms in total. The quantitative estimate of drug-likeness (QED) is 0.133. The van der Waals surface area contributed by atoms with Crippen molar-refractivity contribution in [1.82, 2.24) is 0 Å². The van der Waals surface area contributed by atoms with Crippen molar-refractivity contribution in [1.29, 1.82) is 0 Å². The normalized spacial score (nSPS) is 17.3. The van der Waals surface area contributed by atoms with E-state index >= 15 is 0 Å². The number of rotatable bonds is 18. The molecule has 0 unspecified atom stereocenters. The van der Waals surface area contributed by atoms with Crippen LogP contribution in [-0.2, 0) is 27.7 Å². The van der Waals surface area contributed by atoms with E-state index in [-0.39, 0.29) is 6.04 Å². The van der Waals surface area contributed by atoms with Gasteiger partial charge in [0.1, 0.15) is 5.75 Å². The van der Waals surface area contributed by atoms with Crippen LogP contribution < -0.4 is 4.74 Å². The molecule has 220 valence electrons. The SMILES string of the molecule is CCCCCCCCCCC1CCC(c2ccc(OCCC[Si](OC(C)=O)(OC(C)=O)OC(C)=O)cc2)CC1. The third kappa shape index (κ3) is 13.5. The molecule has 0 amide bonds. The molecule has 0 bridgehead atoms. The molecule has 2 rings (SSSR count). The lowest BCUT2D eigenvalue weighted by Gasteiger charge is -2.29. The summed E-state index contributed by atoms with van der Waals surface area (Å²) >= 11 is 0. The van der Waals surface area contributed by atoms with Crippen LogP contribution in [-0.4, -0.2) is 33.3 Å². The first kappa shape index (κ1) is 32.9. The lowest BCUT2D eigenvalue weighted by molar-refractivity contribution is -0.147. The van der Waals surface area contributed by atoms with E-state index in [0.717, 1.165) is 11.7 Å². The van der Waals surface area contributed by atoms with Crippen LogP contribution in [0, 0.1) is 5.92 Å². The summed E-state index contributed by atoms with van der Waals surface area (Å²) in [7, 11) is -3.81. The monoisotopic (exact) mass is 562 g/mol. The Morgan fingerprint density at radius 1 is 0.718 bits per heavy atom. The Bertz CT molecular complexity index is 821. The highest BCUT2D eigenvalue weighted by molar-refractivity contribution is 6.65. The van der Waals surface area contributed by atoms with Crippen molar-refractivity contribution in [3.8, 4) is 5.75 Å². The molecule has 0 saturated heterocycles. The average Bonchev–Trinajstić information content (AvgIpc) is 2.88. The molecule has 0 heterocycles. The number of hydrogen-bond donors (Lipinski definition) is 0. The lowest BCUT2D eigenvalue weighted by Crippen LogP contribution is -2.49. The van der Waals surface area contributed by atoms with Gasteiger partial charge < -0.3 is 18.0 Å². The number of hydrogen-bond acceptors (Lipinski definition) is 7. The molecule has 0 aliphatic heterocycles. The predicted molar refractivity (Wildman–Crippen MR) is 154 cm³/mol. The molecule has 1 aromatic carbocycles. The van der Waals surface area contributed by atoms with E-state index in [9.17, 15) is 14.4 Å². The maximum Gasteiger partial charge on any atom is 0.705 e. The van der Waals surface area contributed by atoms with Crippen LogP contribution >= 0.6 is 0 Å². The Labute approximate surface area is 236 Å². The minimum atomic E-state index is -3.81. The number of ether oxygens (including phenoxy) is 1. The Hall–Kier alpha value is -2.35. The minimum Gasteiger partial charge on any atom is -0.494 e. The molecule has 39 heavy (non-hydrogen) atoms. The van der Waals surface area contributed by atoms with Gasteiger partial charge >= 0.3 is 8.80 Å². The van der Waals surface area contributed by atoms with Gasteiger partial charge in [0, 0.05) is 20.8 Å². The Morgan fingerprint density at radius 3 is 1.74 bits per heavy atom. The number of carbonyl (C=O) groups excluding carboxylic acids is 3. The highest BCUT2D eigenvalue weighted by atomic mass is 28.4. The zero-order valence-corrected chi connectivity index (χ0v) is 25.6. The summed E-state index contributed by atoms with van der Waals surface area (Å²) in [5, 5.41) is 0. The van der Waals surface area contributed by atoms with Crippen molar-refractivity contribution in [2.24, 2.45) is 5.92 Å². The molecule has 1 saturated carbocycles. The summed E-state index contributed by atoms with van der Waals surface area (Å²) in [6.07, 6.45) is 18.1. The highest BCUT2D eigenvalue weighted by Gasteiger charge is 2.51. The highest BCUT2D eigenvalue weighted by Crippen LogP contribution is 2.38.